The number of methoxy groups -OCH3 is 1. The summed E-state index contributed by atoms with van der Waals surface area (Å²) in [4.78, 5) is 0. The summed E-state index contributed by atoms with van der Waals surface area (Å²) in [5.74, 6) is -1.52. The van der Waals surface area contributed by atoms with Crippen molar-refractivity contribution >= 4 is 11.6 Å². The Morgan fingerprint density at radius 2 is 2.15 bits per heavy atom. The fourth-order valence-electron chi connectivity index (χ4n) is 1.34. The third kappa shape index (κ3) is 1.68. The lowest BCUT2D eigenvalue weighted by Crippen LogP contribution is -2.46. The molecule has 1 aliphatic heterocycles. The first-order valence-electron chi connectivity index (χ1n) is 3.87. The molecule has 3 N–H and O–H groups in total. The van der Waals surface area contributed by atoms with E-state index < -0.39 is 24.1 Å². The van der Waals surface area contributed by atoms with Crippen LogP contribution in [0.1, 0.15) is 0 Å². The fourth-order valence-corrected chi connectivity index (χ4v) is 1.67. The predicted molar refractivity (Wildman–Crippen MR) is 44.4 cm³/mol. The molecule has 1 fully saturated rings. The predicted octanol–water partition coefficient (Wildman–Crippen LogP) is -1.32. The zero-order valence-corrected chi connectivity index (χ0v) is 7.94. The molecule has 6 heteroatoms. The summed E-state index contributed by atoms with van der Waals surface area (Å²) >= 11 is 5.54. The molecule has 0 saturated carbocycles. The highest BCUT2D eigenvalue weighted by Gasteiger charge is 2.54. The van der Waals surface area contributed by atoms with Gasteiger partial charge < -0.3 is 24.8 Å². The molecular weight excluding hydrogens is 200 g/mol. The first-order valence-corrected chi connectivity index (χ1v) is 4.40. The Hall–Kier alpha value is 0.0900. The van der Waals surface area contributed by atoms with E-state index in [2.05, 4.69) is 0 Å². The maximum atomic E-state index is 9.51. The van der Waals surface area contributed by atoms with Crippen LogP contribution in [0.5, 0.6) is 0 Å². The van der Waals surface area contributed by atoms with E-state index in [1.54, 1.807) is 0 Å². The molecule has 78 valence electrons. The minimum atomic E-state index is -1.41. The van der Waals surface area contributed by atoms with E-state index in [9.17, 15) is 10.2 Å². The van der Waals surface area contributed by atoms with Crippen molar-refractivity contribution in [1.29, 1.82) is 0 Å². The highest BCUT2D eigenvalue weighted by molar-refractivity contribution is 6.18. The van der Waals surface area contributed by atoms with E-state index in [0.717, 1.165) is 0 Å². The summed E-state index contributed by atoms with van der Waals surface area (Å²) in [5, 5.41) is 27.7. The highest BCUT2D eigenvalue weighted by Crippen LogP contribution is 2.32. The number of alkyl halides is 1. The van der Waals surface area contributed by atoms with E-state index in [-0.39, 0.29) is 12.5 Å². The average molecular weight is 213 g/mol. The normalized spacial score (nSPS) is 45.5. The number of hydrogen-bond acceptors (Lipinski definition) is 5. The van der Waals surface area contributed by atoms with Crippen molar-refractivity contribution in [2.45, 2.75) is 24.1 Å². The van der Waals surface area contributed by atoms with Crippen LogP contribution in [0.4, 0.5) is 0 Å². The van der Waals surface area contributed by atoms with Crippen molar-refractivity contribution in [2.24, 2.45) is 0 Å². The van der Waals surface area contributed by atoms with E-state index in [1.807, 2.05) is 0 Å². The Morgan fingerprint density at radius 3 is 2.38 bits per heavy atom. The molecule has 0 aromatic heterocycles. The van der Waals surface area contributed by atoms with E-state index in [4.69, 9.17) is 26.2 Å². The molecule has 0 aliphatic carbocycles. The SMILES string of the molecule is CO[C@]1(CCl)O[C@H](CO)[C@@H](O)[C@@H]1O. The third-order valence-electron chi connectivity index (χ3n) is 2.22. The van der Waals surface area contributed by atoms with Gasteiger partial charge in [0.05, 0.1) is 12.5 Å². The maximum absolute atomic E-state index is 9.51. The Morgan fingerprint density at radius 1 is 1.54 bits per heavy atom. The van der Waals surface area contributed by atoms with Crippen LogP contribution in [0, 0.1) is 0 Å². The van der Waals surface area contributed by atoms with Gasteiger partial charge in [0.15, 0.2) is 0 Å². The standard InChI is InChI=1S/C7H13ClO5/c1-12-7(3-8)6(11)5(10)4(2-9)13-7/h4-6,9-11H,2-3H2,1H3/t4-,5-,6+,7-/m1/s1. The van der Waals surface area contributed by atoms with Crippen molar-refractivity contribution in [2.75, 3.05) is 19.6 Å². The number of hydrogen-bond donors (Lipinski definition) is 3. The molecule has 0 unspecified atom stereocenters. The van der Waals surface area contributed by atoms with Gasteiger partial charge >= 0.3 is 0 Å². The van der Waals surface area contributed by atoms with Crippen LogP contribution in [-0.2, 0) is 9.47 Å². The smallest absolute Gasteiger partial charge is 0.211 e. The number of rotatable bonds is 3. The first-order chi connectivity index (χ1) is 6.11. The van der Waals surface area contributed by atoms with Gasteiger partial charge in [-0.05, 0) is 0 Å². The molecule has 1 aliphatic rings. The second-order valence-electron chi connectivity index (χ2n) is 2.92. The van der Waals surface area contributed by atoms with Gasteiger partial charge in [-0.2, -0.15) is 0 Å². The molecule has 5 nitrogen and oxygen atoms in total. The number of aliphatic hydroxyl groups excluding tert-OH is 3. The van der Waals surface area contributed by atoms with E-state index >= 15 is 0 Å². The van der Waals surface area contributed by atoms with Crippen molar-refractivity contribution in [3.63, 3.8) is 0 Å². The monoisotopic (exact) mass is 212 g/mol. The second kappa shape index (κ2) is 4.08. The molecule has 13 heavy (non-hydrogen) atoms. The molecule has 0 amide bonds. The lowest BCUT2D eigenvalue weighted by atomic mass is 10.1. The van der Waals surface area contributed by atoms with Crippen LogP contribution in [0.25, 0.3) is 0 Å². The Bertz CT molecular complexity index is 172. The van der Waals surface area contributed by atoms with Crippen molar-refractivity contribution in [3.8, 4) is 0 Å². The zero-order valence-electron chi connectivity index (χ0n) is 7.18. The molecule has 0 aromatic rings. The van der Waals surface area contributed by atoms with Crippen molar-refractivity contribution in [1.82, 2.24) is 0 Å². The summed E-state index contributed by atoms with van der Waals surface area (Å²) in [5.41, 5.74) is 0. The largest absolute Gasteiger partial charge is 0.394 e. The minimum absolute atomic E-state index is 0.113. The summed E-state index contributed by atoms with van der Waals surface area (Å²) in [6.07, 6.45) is -3.27. The topological polar surface area (TPSA) is 79.2 Å². The van der Waals surface area contributed by atoms with Gasteiger partial charge in [0, 0.05) is 7.11 Å². The lowest BCUT2D eigenvalue weighted by molar-refractivity contribution is -0.232. The molecule has 4 atom stereocenters. The Labute approximate surface area is 80.8 Å². The van der Waals surface area contributed by atoms with Gasteiger partial charge in [0.25, 0.3) is 0 Å². The van der Waals surface area contributed by atoms with Crippen LogP contribution in [0.2, 0.25) is 0 Å². The molecule has 1 rings (SSSR count). The first kappa shape index (κ1) is 11.2. The highest BCUT2D eigenvalue weighted by atomic mass is 35.5. The van der Waals surface area contributed by atoms with Crippen molar-refractivity contribution < 1.29 is 24.8 Å². The van der Waals surface area contributed by atoms with Gasteiger partial charge in [-0.3, -0.25) is 0 Å². The van der Waals surface area contributed by atoms with Gasteiger partial charge in [0.1, 0.15) is 18.3 Å². The van der Waals surface area contributed by atoms with Gasteiger partial charge in [-0.15, -0.1) is 11.6 Å². The third-order valence-corrected chi connectivity index (χ3v) is 2.59. The quantitative estimate of drug-likeness (QED) is 0.506. The van der Waals surface area contributed by atoms with Crippen LogP contribution < -0.4 is 0 Å². The van der Waals surface area contributed by atoms with Crippen molar-refractivity contribution in [3.05, 3.63) is 0 Å². The van der Waals surface area contributed by atoms with Crippen LogP contribution >= 0.6 is 11.6 Å². The maximum Gasteiger partial charge on any atom is 0.211 e. The molecule has 1 heterocycles. The lowest BCUT2D eigenvalue weighted by Gasteiger charge is -2.27. The number of aliphatic hydroxyl groups is 3. The molecule has 0 radical (unpaired) electrons. The zero-order chi connectivity index (χ0) is 10.1. The molecule has 1 saturated heterocycles. The second-order valence-corrected chi connectivity index (χ2v) is 3.19. The van der Waals surface area contributed by atoms with Gasteiger partial charge in [-0.1, -0.05) is 0 Å². The summed E-state index contributed by atoms with van der Waals surface area (Å²) < 4.78 is 10.0. The Balaban J connectivity index is 2.79. The van der Waals surface area contributed by atoms with Crippen LogP contribution in [0.15, 0.2) is 0 Å². The van der Waals surface area contributed by atoms with Gasteiger partial charge in [-0.25, -0.2) is 0 Å². The van der Waals surface area contributed by atoms with Crippen LogP contribution in [0.3, 0.4) is 0 Å². The minimum Gasteiger partial charge on any atom is -0.394 e. The summed E-state index contributed by atoms with van der Waals surface area (Å²) in [6.45, 7) is -0.389. The molecule has 0 spiro atoms. The van der Waals surface area contributed by atoms with Crippen LogP contribution in [-0.4, -0.2) is 59.0 Å². The number of halogens is 1. The Kier molecular flexibility index (Phi) is 3.50. The van der Waals surface area contributed by atoms with E-state index in [1.165, 1.54) is 7.11 Å². The summed E-state index contributed by atoms with van der Waals surface area (Å²) in [7, 11) is 1.32. The fraction of sp³-hybridized carbons (Fsp3) is 1.00. The average Bonchev–Trinajstić information content (AvgIpc) is 2.42. The van der Waals surface area contributed by atoms with E-state index in [0.29, 0.717) is 0 Å². The summed E-state index contributed by atoms with van der Waals surface area (Å²) in [6, 6.07) is 0. The van der Waals surface area contributed by atoms with Gasteiger partial charge in [0.2, 0.25) is 5.79 Å². The molecule has 0 aromatic carbocycles. The number of ether oxygens (including phenoxy) is 2. The molecular formula is C7H13ClO5. The molecule has 0 bridgehead atoms.